The van der Waals surface area contributed by atoms with Crippen LogP contribution in [0.1, 0.15) is 34.2 Å². The lowest BCUT2D eigenvalue weighted by molar-refractivity contribution is -0.929. The zero-order valence-corrected chi connectivity index (χ0v) is 19.9. The Morgan fingerprint density at radius 2 is 2.09 bits per heavy atom. The van der Waals surface area contributed by atoms with Gasteiger partial charge < -0.3 is 19.3 Å². The van der Waals surface area contributed by atoms with Crippen LogP contribution in [0.5, 0.6) is 5.75 Å². The van der Waals surface area contributed by atoms with Crippen LogP contribution in [0.4, 0.5) is 0 Å². The first-order valence-corrected chi connectivity index (χ1v) is 11.5. The van der Waals surface area contributed by atoms with Crippen molar-refractivity contribution in [1.29, 1.82) is 0 Å². The molecular formula is C24H34N6O3+2. The third-order valence-electron chi connectivity index (χ3n) is 6.02. The summed E-state index contributed by atoms with van der Waals surface area (Å²) in [7, 11) is 5.92. The minimum Gasteiger partial charge on any atom is -0.494 e. The van der Waals surface area contributed by atoms with Crippen molar-refractivity contribution >= 4 is 5.97 Å². The van der Waals surface area contributed by atoms with E-state index in [-0.39, 0.29) is 5.97 Å². The molecule has 3 aromatic rings. The molecule has 0 radical (unpaired) electrons. The Labute approximate surface area is 194 Å². The minimum absolute atomic E-state index is 0.324. The van der Waals surface area contributed by atoms with Crippen LogP contribution in [0.2, 0.25) is 0 Å². The number of benzene rings is 1. The highest BCUT2D eigenvalue weighted by Crippen LogP contribution is 2.22. The molecule has 0 aliphatic carbocycles. The zero-order valence-electron chi connectivity index (χ0n) is 19.9. The molecule has 176 valence electrons. The van der Waals surface area contributed by atoms with Crippen LogP contribution >= 0.6 is 0 Å². The molecule has 1 unspecified atom stereocenters. The van der Waals surface area contributed by atoms with Crippen molar-refractivity contribution in [2.75, 3.05) is 40.9 Å². The molecule has 0 spiro atoms. The largest absolute Gasteiger partial charge is 0.494 e. The number of quaternary nitrogens is 2. The first-order valence-electron chi connectivity index (χ1n) is 11.5. The summed E-state index contributed by atoms with van der Waals surface area (Å²) in [5.74, 6) is 0.461. The highest BCUT2D eigenvalue weighted by Gasteiger charge is 2.31. The maximum Gasteiger partial charge on any atom is 0.359 e. The second-order valence-electron chi connectivity index (χ2n) is 8.74. The fourth-order valence-corrected chi connectivity index (χ4v) is 4.35. The highest BCUT2D eigenvalue weighted by molar-refractivity contribution is 5.89. The number of rotatable bonds is 9. The maximum absolute atomic E-state index is 12.6. The van der Waals surface area contributed by atoms with Gasteiger partial charge in [0.15, 0.2) is 5.69 Å². The number of carbonyl (C=O) groups is 1. The molecule has 1 aromatic carbocycles. The number of carbonyl (C=O) groups excluding carboxylic acids is 1. The summed E-state index contributed by atoms with van der Waals surface area (Å²) in [4.78, 5) is 15.3. The van der Waals surface area contributed by atoms with Gasteiger partial charge in [0.25, 0.3) is 0 Å². The van der Waals surface area contributed by atoms with Gasteiger partial charge in [-0.1, -0.05) is 12.1 Å². The van der Waals surface area contributed by atoms with Crippen molar-refractivity contribution < 1.29 is 24.1 Å². The number of nitrogens with zero attached hydrogens (tertiary/aromatic N) is 4. The molecule has 33 heavy (non-hydrogen) atoms. The molecule has 3 heterocycles. The van der Waals surface area contributed by atoms with Crippen LogP contribution in [0.15, 0.2) is 36.7 Å². The monoisotopic (exact) mass is 454 g/mol. The van der Waals surface area contributed by atoms with Crippen LogP contribution < -0.4 is 14.5 Å². The number of aromatic nitrogens is 4. The van der Waals surface area contributed by atoms with Crippen molar-refractivity contribution in [1.82, 2.24) is 19.6 Å². The van der Waals surface area contributed by atoms with Gasteiger partial charge in [-0.05, 0) is 19.1 Å². The van der Waals surface area contributed by atoms with Gasteiger partial charge in [-0.15, -0.1) is 0 Å². The van der Waals surface area contributed by atoms with Crippen LogP contribution in [0, 0.1) is 0 Å². The number of likely N-dealkylation sites (N-methyl/N-ethyl adjacent to an activating group) is 1. The second-order valence-corrected chi connectivity index (χ2v) is 8.74. The lowest BCUT2D eigenvalue weighted by atomic mass is 10.0. The van der Waals surface area contributed by atoms with Crippen LogP contribution in [0.25, 0.3) is 5.69 Å². The molecule has 0 fully saturated rings. The molecule has 0 saturated carbocycles. The van der Waals surface area contributed by atoms with E-state index >= 15 is 0 Å². The summed E-state index contributed by atoms with van der Waals surface area (Å²) >= 11 is 0. The standard InChI is InChI=1S/C24H32N6O3/c1-5-33-24(31)23-19-17-28(11-10-20(19)29(26-23)13-12-27(2)3)15-18-14-25-30(16-18)21-8-6-7-9-22(21)32-4/h6-9,14,16H,5,10-13,15,17H2,1-4H3/p+2. The van der Waals surface area contributed by atoms with Gasteiger partial charge in [0.2, 0.25) is 0 Å². The van der Waals surface area contributed by atoms with E-state index in [0.717, 1.165) is 61.7 Å². The lowest BCUT2D eigenvalue weighted by Gasteiger charge is -2.24. The van der Waals surface area contributed by atoms with E-state index in [1.54, 1.807) is 7.11 Å². The average Bonchev–Trinajstić information content (AvgIpc) is 3.42. The summed E-state index contributed by atoms with van der Waals surface area (Å²) in [6.07, 6.45) is 4.85. The van der Waals surface area contributed by atoms with Crippen molar-refractivity contribution in [2.45, 2.75) is 33.0 Å². The molecule has 1 atom stereocenters. The molecule has 0 saturated heterocycles. The SMILES string of the molecule is CCOC(=O)c1nn(CC[NH+](C)C)c2c1C[NH+](Cc1cnn(-c3ccccc3OC)c1)CC2. The Bertz CT molecular complexity index is 1100. The number of hydrogen-bond acceptors (Lipinski definition) is 5. The quantitative estimate of drug-likeness (QED) is 0.428. The third kappa shape index (κ3) is 5.09. The first-order chi connectivity index (χ1) is 16.0. The topological polar surface area (TPSA) is 80.0 Å². The van der Waals surface area contributed by atoms with Gasteiger partial charge in [-0.2, -0.15) is 10.2 Å². The maximum atomic E-state index is 12.6. The van der Waals surface area contributed by atoms with Crippen LogP contribution in [0.3, 0.4) is 0 Å². The Kier molecular flexibility index (Phi) is 7.10. The van der Waals surface area contributed by atoms with E-state index in [0.29, 0.717) is 12.3 Å². The van der Waals surface area contributed by atoms with Crippen molar-refractivity contribution in [3.63, 3.8) is 0 Å². The van der Waals surface area contributed by atoms with E-state index < -0.39 is 0 Å². The molecule has 2 aromatic heterocycles. The lowest BCUT2D eigenvalue weighted by Crippen LogP contribution is -3.10. The molecule has 1 aliphatic heterocycles. The fourth-order valence-electron chi connectivity index (χ4n) is 4.35. The van der Waals surface area contributed by atoms with Crippen LogP contribution in [-0.2, 0) is 30.8 Å². The smallest absolute Gasteiger partial charge is 0.359 e. The minimum atomic E-state index is -0.324. The predicted octanol–water partition coefficient (Wildman–Crippen LogP) is -0.460. The summed E-state index contributed by atoms with van der Waals surface area (Å²) in [6.45, 7) is 6.48. The third-order valence-corrected chi connectivity index (χ3v) is 6.02. The van der Waals surface area contributed by atoms with Gasteiger partial charge in [0.05, 0.1) is 64.9 Å². The van der Waals surface area contributed by atoms with Gasteiger partial charge in [-0.25, -0.2) is 9.48 Å². The van der Waals surface area contributed by atoms with Crippen LogP contribution in [-0.4, -0.2) is 66.4 Å². The second kappa shape index (κ2) is 10.2. The number of nitrogens with one attached hydrogen (secondary N) is 2. The van der Waals surface area contributed by atoms with Gasteiger partial charge in [0.1, 0.15) is 24.5 Å². The zero-order chi connectivity index (χ0) is 23.4. The number of para-hydroxylation sites is 2. The summed E-state index contributed by atoms with van der Waals surface area (Å²) < 4.78 is 14.7. The van der Waals surface area contributed by atoms with E-state index in [9.17, 15) is 4.79 Å². The first kappa shape index (κ1) is 23.0. The normalized spacial score (nSPS) is 15.5. The molecule has 0 bridgehead atoms. The predicted molar refractivity (Wildman–Crippen MR) is 123 cm³/mol. The number of esters is 1. The van der Waals surface area contributed by atoms with Crippen molar-refractivity contribution in [2.24, 2.45) is 0 Å². The summed E-state index contributed by atoms with van der Waals surface area (Å²) in [6, 6.07) is 7.85. The van der Waals surface area contributed by atoms with Crippen molar-refractivity contribution in [3.8, 4) is 11.4 Å². The Morgan fingerprint density at radius 1 is 1.27 bits per heavy atom. The average molecular weight is 455 g/mol. The van der Waals surface area contributed by atoms with E-state index in [1.165, 1.54) is 15.5 Å². The van der Waals surface area contributed by atoms with E-state index in [2.05, 4.69) is 30.5 Å². The summed E-state index contributed by atoms with van der Waals surface area (Å²) in [5.41, 5.74) is 4.73. The number of fused-ring (bicyclic) bond motifs is 1. The Balaban J connectivity index is 1.53. The van der Waals surface area contributed by atoms with E-state index in [1.807, 2.05) is 46.7 Å². The Morgan fingerprint density at radius 3 is 2.85 bits per heavy atom. The van der Waals surface area contributed by atoms with Crippen molar-refractivity contribution in [3.05, 3.63) is 59.2 Å². The molecule has 1 aliphatic rings. The molecule has 0 amide bonds. The highest BCUT2D eigenvalue weighted by atomic mass is 16.5. The van der Waals surface area contributed by atoms with Gasteiger partial charge in [-0.3, -0.25) is 4.68 Å². The summed E-state index contributed by atoms with van der Waals surface area (Å²) in [5, 5.41) is 9.22. The number of methoxy groups -OCH3 is 1. The number of ether oxygens (including phenoxy) is 2. The molecular weight excluding hydrogens is 420 g/mol. The molecule has 4 rings (SSSR count). The molecule has 9 heteroatoms. The van der Waals surface area contributed by atoms with Gasteiger partial charge in [0, 0.05) is 18.2 Å². The fraction of sp³-hybridized carbons (Fsp3) is 0.458. The Hall–Kier alpha value is -3.17. The molecule has 9 nitrogen and oxygen atoms in total. The molecule has 2 N–H and O–H groups in total. The van der Waals surface area contributed by atoms with Gasteiger partial charge >= 0.3 is 5.97 Å². The number of hydrogen-bond donors (Lipinski definition) is 2. The van der Waals surface area contributed by atoms with E-state index in [4.69, 9.17) is 9.47 Å².